The molecule has 0 radical (unpaired) electrons. The number of hydrogen-bond donors (Lipinski definition) is 0. The van der Waals surface area contributed by atoms with Gasteiger partial charge in [0.25, 0.3) is 0 Å². The molecule has 0 amide bonds. The third kappa shape index (κ3) is 3.47. The number of allylic oxidation sites excluding steroid dienone is 1. The Kier molecular flexibility index (Phi) is 5.56. The van der Waals surface area contributed by atoms with Crippen LogP contribution in [0.3, 0.4) is 0 Å². The molecule has 0 aromatic rings. The molecule has 3 rings (SSSR count). The minimum Gasteiger partial charge on any atom is -0.469 e. The maximum Gasteiger partial charge on any atom is 0.312 e. The average molecular weight is 365 g/mol. The van der Waals surface area contributed by atoms with Crippen LogP contribution < -0.4 is 0 Å². The van der Waals surface area contributed by atoms with Crippen molar-refractivity contribution in [3.05, 3.63) is 11.1 Å². The quantitative estimate of drug-likeness (QED) is 0.534. The van der Waals surface area contributed by atoms with Crippen LogP contribution in [0.4, 0.5) is 0 Å². The Morgan fingerprint density at radius 3 is 2.58 bits per heavy atom. The van der Waals surface area contributed by atoms with Crippen molar-refractivity contribution in [1.82, 2.24) is 0 Å². The van der Waals surface area contributed by atoms with E-state index in [9.17, 15) is 4.79 Å². The molecule has 148 valence electrons. The molecule has 5 atom stereocenters. The Morgan fingerprint density at radius 1 is 1.23 bits per heavy atom. The molecule has 1 saturated carbocycles. The lowest BCUT2D eigenvalue weighted by atomic mass is 9.56. The average Bonchev–Trinajstić information content (AvgIpc) is 3.01. The van der Waals surface area contributed by atoms with Crippen LogP contribution in [-0.2, 0) is 19.0 Å². The van der Waals surface area contributed by atoms with E-state index in [0.717, 1.165) is 19.4 Å². The molecular formula is C22H36O4. The summed E-state index contributed by atoms with van der Waals surface area (Å²) in [5.41, 5.74) is 3.27. The van der Waals surface area contributed by atoms with Gasteiger partial charge in [-0.25, -0.2) is 0 Å². The first-order chi connectivity index (χ1) is 12.2. The van der Waals surface area contributed by atoms with E-state index in [2.05, 4.69) is 20.8 Å². The van der Waals surface area contributed by atoms with Gasteiger partial charge in [-0.3, -0.25) is 4.79 Å². The topological polar surface area (TPSA) is 44.8 Å². The maximum absolute atomic E-state index is 12.5. The lowest BCUT2D eigenvalue weighted by molar-refractivity contribution is -0.144. The molecule has 2 aliphatic carbocycles. The summed E-state index contributed by atoms with van der Waals surface area (Å²) >= 11 is 0. The summed E-state index contributed by atoms with van der Waals surface area (Å²) in [4.78, 5) is 12.5. The number of hydrogen-bond acceptors (Lipinski definition) is 4. The molecule has 0 spiro atoms. The van der Waals surface area contributed by atoms with Crippen molar-refractivity contribution in [1.29, 1.82) is 0 Å². The maximum atomic E-state index is 12.5. The van der Waals surface area contributed by atoms with E-state index in [0.29, 0.717) is 11.3 Å². The summed E-state index contributed by atoms with van der Waals surface area (Å²) < 4.78 is 16.8. The van der Waals surface area contributed by atoms with Crippen molar-refractivity contribution in [2.75, 3.05) is 20.8 Å². The molecule has 0 bridgehead atoms. The number of fused-ring (bicyclic) bond motifs is 1. The molecule has 4 nitrogen and oxygen atoms in total. The SMILES string of the molecule is COC(=O)[C@H](C)C1=C([C@@]2(C)CCCC(C)(C)C2)CC[C@H]2CO[C@@H](OC)[C@@H]12. The standard InChI is InChI=1S/C22H36O4/c1-14(19(23)24-5)17-16(22(4)11-7-10-21(2,3)13-22)9-8-15-12-26-20(25-6)18(15)17/h14-15,18,20H,7-13H2,1-6H3/t14-,15+,18-,20-,22+/m1/s1. The third-order valence-electron chi connectivity index (χ3n) is 7.18. The van der Waals surface area contributed by atoms with Crippen LogP contribution in [0.25, 0.3) is 0 Å². The number of ether oxygens (including phenoxy) is 3. The van der Waals surface area contributed by atoms with E-state index in [4.69, 9.17) is 14.2 Å². The molecule has 0 N–H and O–H groups in total. The molecular weight excluding hydrogens is 328 g/mol. The van der Waals surface area contributed by atoms with Gasteiger partial charge in [-0.1, -0.05) is 32.8 Å². The summed E-state index contributed by atoms with van der Waals surface area (Å²) in [6, 6.07) is 0. The van der Waals surface area contributed by atoms with E-state index in [1.807, 2.05) is 6.92 Å². The number of esters is 1. The zero-order chi connectivity index (χ0) is 19.1. The van der Waals surface area contributed by atoms with E-state index in [1.165, 1.54) is 43.9 Å². The fraction of sp³-hybridized carbons (Fsp3) is 0.864. The summed E-state index contributed by atoms with van der Waals surface area (Å²) in [5, 5.41) is 0. The number of carbonyl (C=O) groups excluding carboxylic acids is 1. The fourth-order valence-electron chi connectivity index (χ4n) is 6.15. The Bertz CT molecular complexity index is 579. The van der Waals surface area contributed by atoms with E-state index in [-0.39, 0.29) is 29.5 Å². The highest BCUT2D eigenvalue weighted by Gasteiger charge is 2.50. The first-order valence-corrected chi connectivity index (χ1v) is 10.2. The van der Waals surface area contributed by atoms with Crippen LogP contribution in [0.2, 0.25) is 0 Å². The zero-order valence-corrected chi connectivity index (χ0v) is 17.4. The normalized spacial score (nSPS) is 38.0. The van der Waals surface area contributed by atoms with Crippen LogP contribution in [0.1, 0.15) is 66.2 Å². The molecule has 0 unspecified atom stereocenters. The fourth-order valence-corrected chi connectivity index (χ4v) is 6.15. The van der Waals surface area contributed by atoms with Gasteiger partial charge >= 0.3 is 5.97 Å². The Labute approximate surface area is 158 Å². The number of methoxy groups -OCH3 is 2. The zero-order valence-electron chi connectivity index (χ0n) is 17.4. The van der Waals surface area contributed by atoms with Gasteiger partial charge in [-0.2, -0.15) is 0 Å². The van der Waals surface area contributed by atoms with Crippen molar-refractivity contribution >= 4 is 5.97 Å². The van der Waals surface area contributed by atoms with E-state index < -0.39 is 0 Å². The minimum absolute atomic E-state index is 0.140. The van der Waals surface area contributed by atoms with Crippen LogP contribution in [-0.4, -0.2) is 33.1 Å². The summed E-state index contributed by atoms with van der Waals surface area (Å²) in [6.45, 7) is 9.93. The van der Waals surface area contributed by atoms with Crippen LogP contribution >= 0.6 is 0 Å². The van der Waals surface area contributed by atoms with Gasteiger partial charge in [0.1, 0.15) is 0 Å². The Balaban J connectivity index is 2.08. The first kappa shape index (κ1) is 19.9. The largest absolute Gasteiger partial charge is 0.469 e. The molecule has 1 aliphatic heterocycles. The smallest absolute Gasteiger partial charge is 0.312 e. The third-order valence-corrected chi connectivity index (χ3v) is 7.18. The number of carbonyl (C=O) groups is 1. The molecule has 0 aromatic carbocycles. The summed E-state index contributed by atoms with van der Waals surface area (Å²) in [7, 11) is 3.21. The Hall–Kier alpha value is -0.870. The van der Waals surface area contributed by atoms with Gasteiger partial charge < -0.3 is 14.2 Å². The second kappa shape index (κ2) is 7.27. The van der Waals surface area contributed by atoms with Crippen molar-refractivity contribution in [3.63, 3.8) is 0 Å². The Morgan fingerprint density at radius 2 is 1.96 bits per heavy atom. The highest BCUT2D eigenvalue weighted by atomic mass is 16.7. The second-order valence-electron chi connectivity index (χ2n) is 9.70. The molecule has 2 fully saturated rings. The van der Waals surface area contributed by atoms with Gasteiger partial charge in [0, 0.05) is 13.0 Å². The van der Waals surface area contributed by atoms with Gasteiger partial charge in [-0.05, 0) is 61.3 Å². The van der Waals surface area contributed by atoms with E-state index >= 15 is 0 Å². The summed E-state index contributed by atoms with van der Waals surface area (Å²) in [5.74, 6) is 0.258. The number of rotatable bonds is 4. The molecule has 26 heavy (non-hydrogen) atoms. The summed E-state index contributed by atoms with van der Waals surface area (Å²) in [6.07, 6.45) is 6.90. The van der Waals surface area contributed by atoms with Crippen molar-refractivity contribution < 1.29 is 19.0 Å². The predicted molar refractivity (Wildman–Crippen MR) is 102 cm³/mol. The van der Waals surface area contributed by atoms with Gasteiger partial charge in [0.15, 0.2) is 6.29 Å². The van der Waals surface area contributed by atoms with Crippen molar-refractivity contribution in [2.45, 2.75) is 72.5 Å². The molecule has 4 heteroatoms. The van der Waals surface area contributed by atoms with Crippen LogP contribution in [0.15, 0.2) is 11.1 Å². The lowest BCUT2D eigenvalue weighted by Gasteiger charge is -2.48. The first-order valence-electron chi connectivity index (χ1n) is 10.2. The molecule has 1 saturated heterocycles. The highest BCUT2D eigenvalue weighted by molar-refractivity contribution is 5.76. The van der Waals surface area contributed by atoms with Crippen LogP contribution in [0, 0.1) is 28.6 Å². The van der Waals surface area contributed by atoms with Crippen LogP contribution in [0.5, 0.6) is 0 Å². The minimum atomic E-state index is -0.238. The van der Waals surface area contributed by atoms with Crippen molar-refractivity contribution in [2.24, 2.45) is 28.6 Å². The van der Waals surface area contributed by atoms with E-state index in [1.54, 1.807) is 7.11 Å². The molecule has 0 aromatic heterocycles. The highest BCUT2D eigenvalue weighted by Crippen LogP contribution is 2.57. The van der Waals surface area contributed by atoms with Crippen molar-refractivity contribution in [3.8, 4) is 0 Å². The predicted octanol–water partition coefficient (Wildman–Crippen LogP) is 4.73. The van der Waals surface area contributed by atoms with Gasteiger partial charge in [-0.15, -0.1) is 0 Å². The van der Waals surface area contributed by atoms with Gasteiger partial charge in [0.2, 0.25) is 0 Å². The molecule has 3 aliphatic rings. The lowest BCUT2D eigenvalue weighted by Crippen LogP contribution is -2.40. The monoisotopic (exact) mass is 364 g/mol. The second-order valence-corrected chi connectivity index (χ2v) is 9.70. The molecule has 1 heterocycles. The van der Waals surface area contributed by atoms with Gasteiger partial charge in [0.05, 0.1) is 19.6 Å².